The average Bonchev–Trinajstić information content (AvgIpc) is 1.85. The summed E-state index contributed by atoms with van der Waals surface area (Å²) in [7, 11) is 1.61. The molecule has 0 fully saturated rings. The van der Waals surface area contributed by atoms with Crippen LogP contribution in [0.1, 0.15) is 0 Å². The molecule has 0 unspecified atom stereocenters. The van der Waals surface area contributed by atoms with Crippen LogP contribution in [-0.4, -0.2) is 18.7 Å². The maximum absolute atomic E-state index is 5.50. The first-order chi connectivity index (χ1) is 4.72. The van der Waals surface area contributed by atoms with Crippen molar-refractivity contribution in [1.82, 2.24) is 11.2 Å². The Bertz CT molecular complexity index is 190. The third kappa shape index (κ3) is 2.92. The van der Waals surface area contributed by atoms with Gasteiger partial charge in [-0.2, -0.15) is 0 Å². The summed E-state index contributed by atoms with van der Waals surface area (Å²) < 4.78 is 5.99. The van der Waals surface area contributed by atoms with Crippen LogP contribution in [0.2, 0.25) is 0 Å². The fourth-order valence-electron chi connectivity index (χ4n) is 0.732. The van der Waals surface area contributed by atoms with Crippen molar-refractivity contribution in [3.8, 4) is 0 Å². The number of hydrogen-bond donors (Lipinski definition) is 2. The lowest BCUT2D eigenvalue weighted by molar-refractivity contribution is 0.283. The van der Waals surface area contributed by atoms with E-state index >= 15 is 0 Å². The minimum Gasteiger partial charge on any atom is -0.495 e. The van der Waals surface area contributed by atoms with Crippen LogP contribution in [0.3, 0.4) is 0 Å². The summed E-state index contributed by atoms with van der Waals surface area (Å²) in [5.41, 5.74) is 0. The molecule has 1 heterocycles. The van der Waals surface area contributed by atoms with E-state index in [1.54, 1.807) is 18.3 Å². The smallest absolute Gasteiger partial charge is 0.137 e. The number of methoxy groups -OCH3 is 1. The van der Waals surface area contributed by atoms with Gasteiger partial charge in [0.25, 0.3) is 0 Å². The van der Waals surface area contributed by atoms with Gasteiger partial charge in [-0.05, 0) is 6.08 Å². The van der Waals surface area contributed by atoms with Crippen molar-refractivity contribution >= 4 is 15.9 Å². The molecule has 0 saturated carbocycles. The van der Waals surface area contributed by atoms with Gasteiger partial charge < -0.3 is 15.9 Å². The molecule has 5 N–H and O–H groups in total. The number of nitrogens with zero attached hydrogens (tertiary/aromatic N) is 1. The predicted molar refractivity (Wildman–Crippen MR) is 48.0 cm³/mol. The van der Waals surface area contributed by atoms with Crippen molar-refractivity contribution in [2.75, 3.05) is 13.7 Å². The molecule has 1 aliphatic heterocycles. The quantitative estimate of drug-likeness (QED) is 0.651. The maximum Gasteiger partial charge on any atom is 0.137 e. The molecule has 0 amide bonds. The van der Waals surface area contributed by atoms with Gasteiger partial charge in [-0.25, -0.2) is 5.84 Å². The topological polar surface area (TPSA) is 73.5 Å². The molecule has 0 aromatic heterocycles. The van der Waals surface area contributed by atoms with E-state index in [2.05, 4.69) is 15.9 Å². The number of hydrogen-bond acceptors (Lipinski definition) is 4. The first kappa shape index (κ1) is 10.5. The molecular weight excluding hydrogens is 210 g/mol. The van der Waals surface area contributed by atoms with E-state index in [-0.39, 0.29) is 6.15 Å². The first-order valence-electron chi connectivity index (χ1n) is 2.85. The largest absolute Gasteiger partial charge is 0.495 e. The summed E-state index contributed by atoms with van der Waals surface area (Å²) in [5, 5.41) is 1.56. The average molecular weight is 222 g/mol. The van der Waals surface area contributed by atoms with Crippen molar-refractivity contribution in [2.45, 2.75) is 0 Å². The Hall–Kier alpha value is -0.520. The zero-order valence-electron chi connectivity index (χ0n) is 6.38. The second-order valence-corrected chi connectivity index (χ2v) is 3.02. The third-order valence-electron chi connectivity index (χ3n) is 1.16. The normalized spacial score (nSPS) is 16.5. The highest BCUT2D eigenvalue weighted by atomic mass is 79.9. The van der Waals surface area contributed by atoms with Gasteiger partial charge in [0.1, 0.15) is 5.76 Å². The van der Waals surface area contributed by atoms with Gasteiger partial charge >= 0.3 is 0 Å². The lowest BCUT2D eigenvalue weighted by Crippen LogP contribution is -2.28. The van der Waals surface area contributed by atoms with Gasteiger partial charge in [0.15, 0.2) is 0 Å². The van der Waals surface area contributed by atoms with Crippen molar-refractivity contribution in [3.05, 3.63) is 22.5 Å². The van der Waals surface area contributed by atoms with E-state index in [4.69, 9.17) is 10.6 Å². The molecule has 0 saturated heterocycles. The molecule has 11 heavy (non-hydrogen) atoms. The molecule has 0 aromatic carbocycles. The van der Waals surface area contributed by atoms with E-state index < -0.39 is 0 Å². The lowest BCUT2D eigenvalue weighted by atomic mass is 10.3. The maximum atomic E-state index is 5.50. The Balaban J connectivity index is 0.000001000. The highest BCUT2D eigenvalue weighted by molar-refractivity contribution is 9.11. The van der Waals surface area contributed by atoms with Gasteiger partial charge in [-0.1, -0.05) is 15.9 Å². The Labute approximate surface area is 74.4 Å². The van der Waals surface area contributed by atoms with Crippen LogP contribution in [0, 0.1) is 0 Å². The van der Waals surface area contributed by atoms with Crippen molar-refractivity contribution in [2.24, 2.45) is 5.84 Å². The number of nitrogens with two attached hydrogens (primary N) is 1. The first-order valence-corrected chi connectivity index (χ1v) is 3.65. The summed E-state index contributed by atoms with van der Waals surface area (Å²) in [6.45, 7) is 0.701. The number of allylic oxidation sites excluding steroid dienone is 1. The van der Waals surface area contributed by atoms with Gasteiger partial charge in [0.05, 0.1) is 19.9 Å². The summed E-state index contributed by atoms with van der Waals surface area (Å²) in [5.74, 6) is 6.26. The second-order valence-electron chi connectivity index (χ2n) is 2.00. The van der Waals surface area contributed by atoms with E-state index in [1.807, 2.05) is 6.08 Å². The van der Waals surface area contributed by atoms with Crippen LogP contribution in [0.5, 0.6) is 0 Å². The Morgan fingerprint density at radius 3 is 2.82 bits per heavy atom. The Kier molecular flexibility index (Phi) is 4.17. The van der Waals surface area contributed by atoms with Crippen molar-refractivity contribution < 1.29 is 4.74 Å². The van der Waals surface area contributed by atoms with Crippen LogP contribution in [0.4, 0.5) is 0 Å². The minimum absolute atomic E-state index is 0. The van der Waals surface area contributed by atoms with Crippen LogP contribution < -0.4 is 12.0 Å². The summed E-state index contributed by atoms with van der Waals surface area (Å²) in [6.07, 6.45) is 3.63. The Morgan fingerprint density at radius 2 is 2.36 bits per heavy atom. The number of halogens is 1. The molecule has 0 atom stereocenters. The van der Waals surface area contributed by atoms with Crippen molar-refractivity contribution in [3.63, 3.8) is 0 Å². The summed E-state index contributed by atoms with van der Waals surface area (Å²) in [4.78, 5) is 0. The highest BCUT2D eigenvalue weighted by Gasteiger charge is 2.06. The molecule has 0 spiro atoms. The van der Waals surface area contributed by atoms with E-state index in [9.17, 15) is 0 Å². The predicted octanol–water partition coefficient (Wildman–Crippen LogP) is 1.10. The number of ether oxygens (including phenoxy) is 1. The van der Waals surface area contributed by atoms with Crippen molar-refractivity contribution in [1.29, 1.82) is 0 Å². The Morgan fingerprint density at radius 1 is 1.73 bits per heavy atom. The van der Waals surface area contributed by atoms with E-state index in [0.29, 0.717) is 6.54 Å². The third-order valence-corrected chi connectivity index (χ3v) is 1.64. The van der Waals surface area contributed by atoms with Crippen LogP contribution in [-0.2, 0) is 4.74 Å². The highest BCUT2D eigenvalue weighted by Crippen LogP contribution is 2.15. The SMILES string of the molecule is COC1=CN(N)CC(Br)=C1.N. The number of hydrazine groups is 1. The van der Waals surface area contributed by atoms with Gasteiger partial charge in [-0.3, -0.25) is 0 Å². The fourth-order valence-corrected chi connectivity index (χ4v) is 1.25. The molecule has 0 aliphatic carbocycles. The monoisotopic (exact) mass is 221 g/mol. The molecule has 4 nitrogen and oxygen atoms in total. The molecule has 0 aromatic rings. The zero-order valence-corrected chi connectivity index (χ0v) is 7.97. The minimum atomic E-state index is 0. The molecule has 0 radical (unpaired) electrons. The van der Waals surface area contributed by atoms with E-state index in [0.717, 1.165) is 10.2 Å². The molecule has 5 heteroatoms. The van der Waals surface area contributed by atoms with Crippen LogP contribution in [0.15, 0.2) is 22.5 Å². The standard InChI is InChI=1S/C6H9BrN2O.H3N/c1-10-6-2-5(7)3-9(8)4-6;/h2,4H,3,8H2,1H3;1H3. The number of rotatable bonds is 1. The summed E-state index contributed by atoms with van der Waals surface area (Å²) in [6, 6.07) is 0. The van der Waals surface area contributed by atoms with Gasteiger partial charge in [0, 0.05) is 4.48 Å². The molecule has 64 valence electrons. The van der Waals surface area contributed by atoms with Crippen LogP contribution in [0.25, 0.3) is 0 Å². The zero-order chi connectivity index (χ0) is 7.56. The van der Waals surface area contributed by atoms with Gasteiger partial charge in [-0.15, -0.1) is 0 Å². The van der Waals surface area contributed by atoms with Gasteiger partial charge in [0.2, 0.25) is 0 Å². The molecule has 1 aliphatic rings. The lowest BCUT2D eigenvalue weighted by Gasteiger charge is -2.18. The second kappa shape index (κ2) is 4.38. The molecule has 1 rings (SSSR count). The molecule has 0 bridgehead atoms. The van der Waals surface area contributed by atoms with E-state index in [1.165, 1.54) is 0 Å². The fraction of sp³-hybridized carbons (Fsp3) is 0.333. The summed E-state index contributed by atoms with van der Waals surface area (Å²) >= 11 is 3.33. The molecular formula is C6H12BrN3O. The van der Waals surface area contributed by atoms with Crippen LogP contribution >= 0.6 is 15.9 Å².